The highest BCUT2D eigenvalue weighted by molar-refractivity contribution is 9.10. The first-order valence-electron chi connectivity index (χ1n) is 5.59. The molecule has 0 saturated carbocycles. The van der Waals surface area contributed by atoms with Crippen LogP contribution >= 0.6 is 15.9 Å². The maximum Gasteiger partial charge on any atom is 0.260 e. The van der Waals surface area contributed by atoms with E-state index in [-0.39, 0.29) is 18.6 Å². The van der Waals surface area contributed by atoms with Gasteiger partial charge in [0, 0.05) is 13.1 Å². The normalized spacial score (nSPS) is 10.3. The molecule has 0 bridgehead atoms. The molecule has 0 aliphatic rings. The Morgan fingerprint density at radius 1 is 1.50 bits per heavy atom. The predicted octanol–water partition coefficient (Wildman–Crippen LogP) is 2.51. The number of amides is 1. The predicted molar refractivity (Wildman–Crippen MR) is 72.9 cm³/mol. The lowest BCUT2D eigenvalue weighted by Gasteiger charge is -2.21. The van der Waals surface area contributed by atoms with Crippen LogP contribution in [0.4, 0.5) is 0 Å². The average Bonchev–Trinajstić information content (AvgIpc) is 2.35. The number of ether oxygens (including phenoxy) is 1. The lowest BCUT2D eigenvalue weighted by atomic mass is 10.2. The highest BCUT2D eigenvalue weighted by atomic mass is 79.9. The van der Waals surface area contributed by atoms with Crippen molar-refractivity contribution in [2.24, 2.45) is 0 Å². The van der Waals surface area contributed by atoms with Crippen LogP contribution in [0, 0.1) is 0 Å². The molecule has 1 rings (SSSR count). The molecule has 0 fully saturated rings. The largest absolute Gasteiger partial charge is 0.482 e. The van der Waals surface area contributed by atoms with Gasteiger partial charge < -0.3 is 9.64 Å². The molecule has 0 aliphatic heterocycles. The second-order valence-electron chi connectivity index (χ2n) is 4.16. The van der Waals surface area contributed by atoms with Gasteiger partial charge in [0.1, 0.15) is 5.75 Å². The van der Waals surface area contributed by atoms with Crippen LogP contribution in [-0.4, -0.2) is 36.8 Å². The van der Waals surface area contributed by atoms with E-state index < -0.39 is 0 Å². The Bertz CT molecular complexity index is 446. The third kappa shape index (κ3) is 3.57. The van der Waals surface area contributed by atoms with Crippen LogP contribution in [0.25, 0.3) is 0 Å². The van der Waals surface area contributed by atoms with Gasteiger partial charge in [0.2, 0.25) is 0 Å². The zero-order chi connectivity index (χ0) is 13.7. The monoisotopic (exact) mass is 313 g/mol. The van der Waals surface area contributed by atoms with E-state index >= 15 is 0 Å². The molecule has 0 N–H and O–H groups in total. The molecule has 0 radical (unpaired) electrons. The van der Waals surface area contributed by atoms with E-state index in [2.05, 4.69) is 15.9 Å². The number of aldehydes is 1. The smallest absolute Gasteiger partial charge is 0.260 e. The van der Waals surface area contributed by atoms with E-state index in [1.165, 1.54) is 0 Å². The van der Waals surface area contributed by atoms with Crippen molar-refractivity contribution < 1.29 is 14.3 Å². The van der Waals surface area contributed by atoms with E-state index in [9.17, 15) is 9.59 Å². The van der Waals surface area contributed by atoms with Crippen molar-refractivity contribution in [3.05, 3.63) is 28.2 Å². The van der Waals surface area contributed by atoms with Crippen molar-refractivity contribution in [2.45, 2.75) is 19.9 Å². The van der Waals surface area contributed by atoms with Gasteiger partial charge in [-0.1, -0.05) is 6.07 Å². The Hall–Kier alpha value is -1.36. The van der Waals surface area contributed by atoms with Crippen molar-refractivity contribution in [1.82, 2.24) is 4.90 Å². The number of carbonyl (C=O) groups excluding carboxylic acids is 2. The van der Waals surface area contributed by atoms with E-state index in [4.69, 9.17) is 4.74 Å². The SMILES string of the molecule is CC(C)N(C)C(=O)COc1c(Br)cccc1C=O. The Morgan fingerprint density at radius 3 is 2.72 bits per heavy atom. The van der Waals surface area contributed by atoms with E-state index in [0.717, 1.165) is 0 Å². The molecule has 0 aliphatic carbocycles. The first-order chi connectivity index (χ1) is 8.47. The minimum Gasteiger partial charge on any atom is -0.482 e. The van der Waals surface area contributed by atoms with Gasteiger partial charge in [0.15, 0.2) is 12.9 Å². The molecule has 1 aromatic carbocycles. The maximum atomic E-state index is 11.8. The zero-order valence-corrected chi connectivity index (χ0v) is 12.2. The van der Waals surface area contributed by atoms with Crippen LogP contribution in [0.5, 0.6) is 5.75 Å². The maximum absolute atomic E-state index is 11.8. The van der Waals surface area contributed by atoms with Crippen molar-refractivity contribution in [3.8, 4) is 5.75 Å². The second kappa shape index (κ2) is 6.54. The number of hydrogen-bond donors (Lipinski definition) is 0. The number of para-hydroxylation sites is 1. The molecule has 0 saturated heterocycles. The summed E-state index contributed by atoms with van der Waals surface area (Å²) in [4.78, 5) is 24.2. The van der Waals surface area contributed by atoms with Crippen LogP contribution in [0.1, 0.15) is 24.2 Å². The summed E-state index contributed by atoms with van der Waals surface area (Å²) in [7, 11) is 1.72. The summed E-state index contributed by atoms with van der Waals surface area (Å²) in [6.07, 6.45) is 0.705. The number of hydrogen-bond acceptors (Lipinski definition) is 3. The van der Waals surface area contributed by atoms with E-state index in [1.54, 1.807) is 30.1 Å². The summed E-state index contributed by atoms with van der Waals surface area (Å²) in [5, 5.41) is 0. The van der Waals surface area contributed by atoms with Crippen LogP contribution in [-0.2, 0) is 4.79 Å². The Kier molecular flexibility index (Phi) is 5.34. The summed E-state index contributed by atoms with van der Waals surface area (Å²) in [5.74, 6) is 0.274. The van der Waals surface area contributed by atoms with Gasteiger partial charge in [-0.15, -0.1) is 0 Å². The molecule has 0 heterocycles. The van der Waals surface area contributed by atoms with Gasteiger partial charge in [-0.2, -0.15) is 0 Å². The van der Waals surface area contributed by atoms with E-state index in [0.29, 0.717) is 22.1 Å². The van der Waals surface area contributed by atoms with Gasteiger partial charge >= 0.3 is 0 Å². The average molecular weight is 314 g/mol. The number of benzene rings is 1. The molecule has 18 heavy (non-hydrogen) atoms. The lowest BCUT2D eigenvalue weighted by molar-refractivity contribution is -0.133. The van der Waals surface area contributed by atoms with Gasteiger partial charge in [-0.25, -0.2) is 0 Å². The topological polar surface area (TPSA) is 46.6 Å². The Balaban J connectivity index is 2.75. The van der Waals surface area contributed by atoms with E-state index in [1.807, 2.05) is 13.8 Å². The third-order valence-corrected chi connectivity index (χ3v) is 3.26. The Morgan fingerprint density at radius 2 is 2.17 bits per heavy atom. The van der Waals surface area contributed by atoms with Gasteiger partial charge in [0.25, 0.3) is 5.91 Å². The van der Waals surface area contributed by atoms with Crippen LogP contribution < -0.4 is 4.74 Å². The molecular weight excluding hydrogens is 298 g/mol. The molecule has 0 unspecified atom stereocenters. The highest BCUT2D eigenvalue weighted by Gasteiger charge is 2.14. The summed E-state index contributed by atoms with van der Waals surface area (Å²) >= 11 is 3.30. The molecule has 0 atom stereocenters. The fourth-order valence-electron chi connectivity index (χ4n) is 1.29. The zero-order valence-electron chi connectivity index (χ0n) is 10.6. The minimum atomic E-state index is -0.127. The molecule has 0 spiro atoms. The first kappa shape index (κ1) is 14.7. The van der Waals surface area contributed by atoms with Gasteiger partial charge in [-0.3, -0.25) is 9.59 Å². The number of carbonyl (C=O) groups is 2. The summed E-state index contributed by atoms with van der Waals surface area (Å²) in [6, 6.07) is 5.26. The number of rotatable bonds is 5. The molecule has 98 valence electrons. The minimum absolute atomic E-state index is 0.0852. The molecule has 5 heteroatoms. The molecule has 1 aromatic rings. The van der Waals surface area contributed by atoms with Crippen molar-refractivity contribution >= 4 is 28.1 Å². The number of nitrogens with zero attached hydrogens (tertiary/aromatic N) is 1. The van der Waals surface area contributed by atoms with Crippen molar-refractivity contribution in [1.29, 1.82) is 0 Å². The Labute approximate surface area is 115 Å². The summed E-state index contributed by atoms with van der Waals surface area (Å²) < 4.78 is 6.08. The van der Waals surface area contributed by atoms with Crippen LogP contribution in [0.15, 0.2) is 22.7 Å². The summed E-state index contributed by atoms with van der Waals surface area (Å²) in [6.45, 7) is 3.76. The quantitative estimate of drug-likeness (QED) is 0.785. The second-order valence-corrected chi connectivity index (χ2v) is 5.02. The fourth-order valence-corrected chi connectivity index (χ4v) is 1.79. The number of halogens is 1. The first-order valence-corrected chi connectivity index (χ1v) is 6.38. The third-order valence-electron chi connectivity index (χ3n) is 2.63. The highest BCUT2D eigenvalue weighted by Crippen LogP contribution is 2.27. The van der Waals surface area contributed by atoms with Crippen molar-refractivity contribution in [2.75, 3.05) is 13.7 Å². The fraction of sp³-hybridized carbons (Fsp3) is 0.385. The van der Waals surface area contributed by atoms with Crippen molar-refractivity contribution in [3.63, 3.8) is 0 Å². The molecule has 1 amide bonds. The molecule has 4 nitrogen and oxygen atoms in total. The van der Waals surface area contributed by atoms with Crippen LogP contribution in [0.3, 0.4) is 0 Å². The van der Waals surface area contributed by atoms with Gasteiger partial charge in [0.05, 0.1) is 10.0 Å². The molecule has 0 aromatic heterocycles. The van der Waals surface area contributed by atoms with Gasteiger partial charge in [-0.05, 0) is 41.9 Å². The molecular formula is C13H16BrNO3. The number of likely N-dealkylation sites (N-methyl/N-ethyl adjacent to an activating group) is 1. The standard InChI is InChI=1S/C13H16BrNO3/c1-9(2)15(3)12(17)8-18-13-10(7-16)5-4-6-11(13)14/h4-7,9H,8H2,1-3H3. The lowest BCUT2D eigenvalue weighted by Crippen LogP contribution is -2.36. The summed E-state index contributed by atoms with van der Waals surface area (Å²) in [5.41, 5.74) is 0.421. The van der Waals surface area contributed by atoms with Crippen LogP contribution in [0.2, 0.25) is 0 Å².